The van der Waals surface area contributed by atoms with Crippen molar-refractivity contribution in [2.75, 3.05) is 5.73 Å². The molecule has 0 saturated carbocycles. The second-order valence-electron chi connectivity index (χ2n) is 5.37. The first kappa shape index (κ1) is 14.8. The van der Waals surface area contributed by atoms with Gasteiger partial charge in [0.1, 0.15) is 0 Å². The van der Waals surface area contributed by atoms with E-state index in [0.717, 1.165) is 0 Å². The van der Waals surface area contributed by atoms with Gasteiger partial charge in [-0.3, -0.25) is 4.79 Å². The van der Waals surface area contributed by atoms with Gasteiger partial charge in [0.15, 0.2) is 0 Å². The molecule has 5 heteroatoms. The molecule has 100 valence electrons. The zero-order valence-corrected chi connectivity index (χ0v) is 11.8. The van der Waals surface area contributed by atoms with Crippen LogP contribution in [0.2, 0.25) is 5.02 Å². The number of carbonyl (C=O) groups excluding carboxylic acids is 1. The van der Waals surface area contributed by atoms with Crippen LogP contribution >= 0.6 is 11.6 Å². The summed E-state index contributed by atoms with van der Waals surface area (Å²) in [5.74, 6) is -0.359. The monoisotopic (exact) mass is 270 g/mol. The molecular formula is C13H19ClN2O2. The van der Waals surface area contributed by atoms with E-state index in [0.29, 0.717) is 16.3 Å². The number of carbonyl (C=O) groups is 1. The van der Waals surface area contributed by atoms with Crippen molar-refractivity contribution in [1.29, 1.82) is 0 Å². The molecule has 0 heterocycles. The fourth-order valence-electron chi connectivity index (χ4n) is 1.23. The highest BCUT2D eigenvalue weighted by atomic mass is 35.5. The predicted molar refractivity (Wildman–Crippen MR) is 73.7 cm³/mol. The van der Waals surface area contributed by atoms with Crippen molar-refractivity contribution in [3.05, 3.63) is 28.8 Å². The highest BCUT2D eigenvalue weighted by Gasteiger charge is 2.36. The number of amides is 1. The molecule has 0 aliphatic heterocycles. The Balaban J connectivity index is 3.00. The van der Waals surface area contributed by atoms with Gasteiger partial charge >= 0.3 is 0 Å². The smallest absolute Gasteiger partial charge is 0.253 e. The van der Waals surface area contributed by atoms with E-state index in [1.807, 2.05) is 0 Å². The van der Waals surface area contributed by atoms with Crippen LogP contribution in [-0.2, 0) is 0 Å². The van der Waals surface area contributed by atoms with Crippen LogP contribution in [0.25, 0.3) is 0 Å². The summed E-state index contributed by atoms with van der Waals surface area (Å²) in [7, 11) is 0. The lowest BCUT2D eigenvalue weighted by Gasteiger charge is -2.38. The third-order valence-electron chi connectivity index (χ3n) is 3.22. The lowest BCUT2D eigenvalue weighted by molar-refractivity contribution is -0.00291. The fourth-order valence-corrected chi connectivity index (χ4v) is 1.40. The number of halogens is 1. The van der Waals surface area contributed by atoms with Gasteiger partial charge in [-0.15, -0.1) is 0 Å². The fraction of sp³-hybridized carbons (Fsp3) is 0.462. The second kappa shape index (κ2) is 4.78. The minimum absolute atomic E-state index is 0.305. The molecule has 18 heavy (non-hydrogen) atoms. The molecule has 0 radical (unpaired) electrons. The minimum atomic E-state index is -1.06. The van der Waals surface area contributed by atoms with Crippen LogP contribution in [0.4, 0.5) is 5.69 Å². The highest BCUT2D eigenvalue weighted by Crippen LogP contribution is 2.23. The van der Waals surface area contributed by atoms with Crippen molar-refractivity contribution < 1.29 is 9.90 Å². The van der Waals surface area contributed by atoms with Crippen molar-refractivity contribution in [1.82, 2.24) is 5.32 Å². The molecular weight excluding hydrogens is 252 g/mol. The Hall–Kier alpha value is -1.26. The Labute approximate surface area is 112 Å². The molecule has 0 unspecified atom stereocenters. The van der Waals surface area contributed by atoms with Crippen molar-refractivity contribution in [2.45, 2.75) is 38.8 Å². The Morgan fingerprint density at radius 3 is 2.39 bits per heavy atom. The summed E-state index contributed by atoms with van der Waals surface area (Å²) in [6.45, 7) is 6.75. The second-order valence-corrected chi connectivity index (χ2v) is 5.81. The quantitative estimate of drug-likeness (QED) is 0.737. The summed E-state index contributed by atoms with van der Waals surface area (Å²) >= 11 is 5.84. The van der Waals surface area contributed by atoms with Gasteiger partial charge in [-0.2, -0.15) is 0 Å². The Kier molecular flexibility index (Phi) is 3.93. The Morgan fingerprint density at radius 1 is 1.33 bits per heavy atom. The largest absolute Gasteiger partial charge is 0.398 e. The maximum atomic E-state index is 12.1. The maximum Gasteiger partial charge on any atom is 0.253 e. The van der Waals surface area contributed by atoms with E-state index in [4.69, 9.17) is 17.3 Å². The number of benzene rings is 1. The van der Waals surface area contributed by atoms with Gasteiger partial charge in [0, 0.05) is 10.7 Å². The molecule has 0 aliphatic rings. The standard InChI is InChI=1S/C13H19ClN2O2/c1-12(2,13(3,4)18)16-11(17)9-7-8(14)5-6-10(9)15/h5-7,18H,15H2,1-4H3,(H,16,17). The van der Waals surface area contributed by atoms with Crippen molar-refractivity contribution in [3.63, 3.8) is 0 Å². The van der Waals surface area contributed by atoms with Crippen molar-refractivity contribution >= 4 is 23.2 Å². The summed E-state index contributed by atoms with van der Waals surface area (Å²) in [6.07, 6.45) is 0. The lowest BCUT2D eigenvalue weighted by atomic mass is 9.85. The van der Waals surface area contributed by atoms with Gasteiger partial charge in [-0.25, -0.2) is 0 Å². The number of nitrogens with one attached hydrogen (secondary N) is 1. The SMILES string of the molecule is CC(C)(O)C(C)(C)NC(=O)c1cc(Cl)ccc1N. The first-order valence-electron chi connectivity index (χ1n) is 5.64. The van der Waals surface area contributed by atoms with Gasteiger partial charge < -0.3 is 16.2 Å². The van der Waals surface area contributed by atoms with Gasteiger partial charge in [0.05, 0.1) is 16.7 Å². The number of anilines is 1. The number of hydrogen-bond donors (Lipinski definition) is 3. The maximum absolute atomic E-state index is 12.1. The number of nitrogen functional groups attached to an aromatic ring is 1. The van der Waals surface area contributed by atoms with Gasteiger partial charge in [0.25, 0.3) is 5.91 Å². The summed E-state index contributed by atoms with van der Waals surface area (Å²) < 4.78 is 0. The molecule has 4 N–H and O–H groups in total. The van der Waals surface area contributed by atoms with Crippen LogP contribution in [0.5, 0.6) is 0 Å². The van der Waals surface area contributed by atoms with Crippen LogP contribution in [0.3, 0.4) is 0 Å². The molecule has 0 atom stereocenters. The summed E-state index contributed by atoms with van der Waals surface area (Å²) in [5, 5.41) is 13.2. The summed E-state index contributed by atoms with van der Waals surface area (Å²) in [6, 6.07) is 4.70. The minimum Gasteiger partial charge on any atom is -0.398 e. The topological polar surface area (TPSA) is 75.3 Å². The molecule has 0 spiro atoms. The molecule has 1 aromatic carbocycles. The summed E-state index contributed by atoms with van der Waals surface area (Å²) in [4.78, 5) is 12.1. The van der Waals surface area contributed by atoms with E-state index in [9.17, 15) is 9.90 Å². The number of rotatable bonds is 3. The molecule has 1 amide bonds. The van der Waals surface area contributed by atoms with Crippen LogP contribution < -0.4 is 11.1 Å². The number of aliphatic hydroxyl groups is 1. The van der Waals surface area contributed by atoms with E-state index in [2.05, 4.69) is 5.32 Å². The van der Waals surface area contributed by atoms with Crippen LogP contribution in [-0.4, -0.2) is 22.2 Å². The van der Waals surface area contributed by atoms with Gasteiger partial charge in [-0.05, 0) is 45.9 Å². The van der Waals surface area contributed by atoms with E-state index >= 15 is 0 Å². The summed E-state index contributed by atoms with van der Waals surface area (Å²) in [5.41, 5.74) is 4.54. The molecule has 4 nitrogen and oxygen atoms in total. The molecule has 1 aromatic rings. The zero-order chi connectivity index (χ0) is 14.1. The molecule has 0 aliphatic carbocycles. The third kappa shape index (κ3) is 3.15. The lowest BCUT2D eigenvalue weighted by Crippen LogP contribution is -2.57. The van der Waals surface area contributed by atoms with E-state index in [1.165, 1.54) is 6.07 Å². The van der Waals surface area contributed by atoms with Crippen LogP contribution in [0.15, 0.2) is 18.2 Å². The Morgan fingerprint density at radius 2 is 1.89 bits per heavy atom. The van der Waals surface area contributed by atoms with Crippen LogP contribution in [0, 0.1) is 0 Å². The van der Waals surface area contributed by atoms with Gasteiger partial charge in [0.2, 0.25) is 0 Å². The molecule has 0 fully saturated rings. The third-order valence-corrected chi connectivity index (χ3v) is 3.45. The normalized spacial score (nSPS) is 12.3. The first-order chi connectivity index (χ1) is 8.04. The van der Waals surface area contributed by atoms with E-state index < -0.39 is 11.1 Å². The number of hydrogen-bond acceptors (Lipinski definition) is 3. The van der Waals surface area contributed by atoms with E-state index in [-0.39, 0.29) is 5.91 Å². The predicted octanol–water partition coefficient (Wildman–Crippen LogP) is 2.20. The van der Waals surface area contributed by atoms with Gasteiger partial charge in [-0.1, -0.05) is 11.6 Å². The highest BCUT2D eigenvalue weighted by molar-refractivity contribution is 6.31. The van der Waals surface area contributed by atoms with Crippen molar-refractivity contribution in [3.8, 4) is 0 Å². The average molecular weight is 271 g/mol. The molecule has 0 bridgehead atoms. The van der Waals surface area contributed by atoms with Crippen LogP contribution in [0.1, 0.15) is 38.1 Å². The number of nitrogens with two attached hydrogens (primary N) is 1. The molecule has 0 aromatic heterocycles. The molecule has 1 rings (SSSR count). The van der Waals surface area contributed by atoms with E-state index in [1.54, 1.807) is 39.8 Å². The average Bonchev–Trinajstić information content (AvgIpc) is 2.19. The first-order valence-corrected chi connectivity index (χ1v) is 6.02. The van der Waals surface area contributed by atoms with Crippen molar-refractivity contribution in [2.24, 2.45) is 0 Å². The Bertz CT molecular complexity index is 465. The molecule has 0 saturated heterocycles. The zero-order valence-electron chi connectivity index (χ0n) is 11.0.